The van der Waals surface area contributed by atoms with Crippen LogP contribution in [0.3, 0.4) is 0 Å². The zero-order chi connectivity index (χ0) is 24.4. The minimum absolute atomic E-state index is 0.114. The van der Waals surface area contributed by atoms with E-state index in [1.54, 1.807) is 0 Å². The molecule has 182 valence electrons. The van der Waals surface area contributed by atoms with Gasteiger partial charge in [0.05, 0.1) is 17.7 Å². The van der Waals surface area contributed by atoms with Crippen LogP contribution in [0.5, 0.6) is 0 Å². The van der Waals surface area contributed by atoms with Gasteiger partial charge in [-0.2, -0.15) is 0 Å². The van der Waals surface area contributed by atoms with Crippen molar-refractivity contribution in [2.24, 2.45) is 0 Å². The van der Waals surface area contributed by atoms with Crippen molar-refractivity contribution in [2.45, 2.75) is 57.8 Å². The highest BCUT2D eigenvalue weighted by Crippen LogP contribution is 2.49. The van der Waals surface area contributed by atoms with Crippen molar-refractivity contribution >= 4 is 11.9 Å². The molecule has 0 bridgehead atoms. The number of aromatic nitrogens is 1. The number of carbonyl (C=O) groups is 2. The van der Waals surface area contributed by atoms with E-state index in [1.807, 2.05) is 43.0 Å². The number of hydrogen-bond donors (Lipinski definition) is 0. The Hall–Kier alpha value is -3.41. The smallest absolute Gasteiger partial charge is 0.316 e. The summed E-state index contributed by atoms with van der Waals surface area (Å²) in [6.07, 6.45) is 5.01. The molecule has 35 heavy (non-hydrogen) atoms. The van der Waals surface area contributed by atoms with Gasteiger partial charge in [-0.15, -0.1) is 0 Å². The summed E-state index contributed by atoms with van der Waals surface area (Å²) in [7, 11) is 0. The van der Waals surface area contributed by atoms with Crippen LogP contribution in [0.1, 0.15) is 55.8 Å². The molecule has 6 nitrogen and oxygen atoms in total. The number of benzene rings is 2. The van der Waals surface area contributed by atoms with Crippen LogP contribution in [-0.4, -0.2) is 41.6 Å². The van der Waals surface area contributed by atoms with Crippen molar-refractivity contribution in [2.75, 3.05) is 19.7 Å². The summed E-state index contributed by atoms with van der Waals surface area (Å²) >= 11 is 0. The molecule has 5 rings (SSSR count). The van der Waals surface area contributed by atoms with E-state index in [2.05, 4.69) is 29.4 Å². The van der Waals surface area contributed by atoms with Gasteiger partial charge in [0.2, 0.25) is 5.91 Å². The monoisotopic (exact) mass is 472 g/mol. The molecule has 6 heteroatoms. The summed E-state index contributed by atoms with van der Waals surface area (Å²) < 4.78 is 11.0. The Balaban J connectivity index is 1.29. The fourth-order valence-electron chi connectivity index (χ4n) is 5.07. The summed E-state index contributed by atoms with van der Waals surface area (Å²) in [5.41, 5.74) is 5.55. The molecule has 1 aromatic heterocycles. The Labute approximate surface area is 206 Å². The van der Waals surface area contributed by atoms with Gasteiger partial charge in [0.15, 0.2) is 5.76 Å². The first-order valence-corrected chi connectivity index (χ1v) is 12.6. The number of rotatable bonds is 8. The highest BCUT2D eigenvalue weighted by atomic mass is 16.5. The summed E-state index contributed by atoms with van der Waals surface area (Å²) in [6.45, 7) is 5.94. The predicted molar refractivity (Wildman–Crippen MR) is 134 cm³/mol. The number of nitrogens with zero attached hydrogens (tertiary/aromatic N) is 2. The van der Waals surface area contributed by atoms with E-state index in [0.29, 0.717) is 19.4 Å². The van der Waals surface area contributed by atoms with Crippen molar-refractivity contribution in [1.29, 1.82) is 0 Å². The van der Waals surface area contributed by atoms with Gasteiger partial charge >= 0.3 is 5.97 Å². The lowest BCUT2D eigenvalue weighted by Gasteiger charge is -2.15. The number of amides is 1. The third-order valence-corrected chi connectivity index (χ3v) is 7.37. The van der Waals surface area contributed by atoms with Crippen molar-refractivity contribution in [1.82, 2.24) is 10.1 Å². The molecule has 2 aromatic carbocycles. The lowest BCUT2D eigenvalue weighted by atomic mass is 9.93. The van der Waals surface area contributed by atoms with E-state index >= 15 is 0 Å². The molecule has 1 saturated heterocycles. The first-order chi connectivity index (χ1) is 17.0. The second kappa shape index (κ2) is 9.68. The molecule has 0 atom stereocenters. The van der Waals surface area contributed by atoms with Crippen LogP contribution in [0.4, 0.5) is 0 Å². The Morgan fingerprint density at radius 1 is 0.971 bits per heavy atom. The molecule has 0 spiro atoms. The third-order valence-electron chi connectivity index (χ3n) is 7.37. The van der Waals surface area contributed by atoms with Gasteiger partial charge in [-0.05, 0) is 62.6 Å². The largest absolute Gasteiger partial charge is 0.465 e. The molecule has 1 saturated carbocycles. The van der Waals surface area contributed by atoms with Crippen LogP contribution in [0.25, 0.3) is 22.5 Å². The van der Waals surface area contributed by atoms with E-state index in [0.717, 1.165) is 78.0 Å². The van der Waals surface area contributed by atoms with Gasteiger partial charge in [-0.1, -0.05) is 53.7 Å². The molecule has 0 radical (unpaired) electrons. The van der Waals surface area contributed by atoms with Gasteiger partial charge in [0.25, 0.3) is 0 Å². The number of carbonyl (C=O) groups excluding carboxylic acids is 2. The van der Waals surface area contributed by atoms with E-state index in [9.17, 15) is 9.59 Å². The quantitative estimate of drug-likeness (QED) is 0.407. The van der Waals surface area contributed by atoms with Crippen LogP contribution >= 0.6 is 0 Å². The highest BCUT2D eigenvalue weighted by Gasteiger charge is 2.52. The molecule has 0 N–H and O–H groups in total. The maximum absolute atomic E-state index is 12.5. The van der Waals surface area contributed by atoms with E-state index < -0.39 is 5.41 Å². The number of esters is 1. The summed E-state index contributed by atoms with van der Waals surface area (Å²) in [5, 5.41) is 4.18. The molecule has 1 aliphatic heterocycles. The standard InChI is InChI=1S/C29H32N2O4/c1-3-34-28(33)29(16-17-29)24-12-10-22(11-13-24)21-6-8-23(9-7-21)27-25(20(2)30-35-27)14-15-26(32)31-18-4-5-19-31/h6-13H,3-5,14-19H2,1-2H3. The van der Waals surface area contributed by atoms with Gasteiger partial charge < -0.3 is 14.2 Å². The van der Waals surface area contributed by atoms with E-state index in [4.69, 9.17) is 9.26 Å². The number of likely N-dealkylation sites (tertiary alicyclic amines) is 1. The predicted octanol–water partition coefficient (Wildman–Crippen LogP) is 5.47. The van der Waals surface area contributed by atoms with Gasteiger partial charge in [-0.3, -0.25) is 9.59 Å². The lowest BCUT2D eigenvalue weighted by molar-refractivity contribution is -0.146. The van der Waals surface area contributed by atoms with Gasteiger partial charge in [-0.25, -0.2) is 0 Å². The number of hydrogen-bond acceptors (Lipinski definition) is 5. The topological polar surface area (TPSA) is 72.6 Å². The van der Waals surface area contributed by atoms with E-state index in [-0.39, 0.29) is 11.9 Å². The fourth-order valence-corrected chi connectivity index (χ4v) is 5.07. The minimum atomic E-state index is -0.449. The molecule has 2 fully saturated rings. The lowest BCUT2D eigenvalue weighted by Crippen LogP contribution is -2.27. The molecule has 2 aliphatic rings. The Kier molecular flexibility index (Phi) is 6.46. The maximum Gasteiger partial charge on any atom is 0.316 e. The first kappa shape index (κ1) is 23.3. The van der Waals surface area contributed by atoms with Crippen molar-refractivity contribution in [3.05, 3.63) is 65.4 Å². The summed E-state index contributed by atoms with van der Waals surface area (Å²) in [5.74, 6) is 0.838. The molecular formula is C29H32N2O4. The molecule has 3 aromatic rings. The Bertz CT molecular complexity index is 1200. The van der Waals surface area contributed by atoms with Crippen molar-refractivity contribution < 1.29 is 18.8 Å². The van der Waals surface area contributed by atoms with Crippen LogP contribution in [0.15, 0.2) is 53.1 Å². The molecule has 1 aliphatic carbocycles. The minimum Gasteiger partial charge on any atom is -0.465 e. The van der Waals surface area contributed by atoms with Gasteiger partial charge in [0, 0.05) is 30.6 Å². The van der Waals surface area contributed by atoms with Crippen LogP contribution < -0.4 is 0 Å². The molecular weight excluding hydrogens is 440 g/mol. The second-order valence-corrected chi connectivity index (χ2v) is 9.62. The molecule has 0 unspecified atom stereocenters. The molecule has 1 amide bonds. The maximum atomic E-state index is 12.5. The van der Waals surface area contributed by atoms with Gasteiger partial charge in [0.1, 0.15) is 0 Å². The van der Waals surface area contributed by atoms with Crippen LogP contribution in [0.2, 0.25) is 0 Å². The third kappa shape index (κ3) is 4.62. The second-order valence-electron chi connectivity index (χ2n) is 9.62. The first-order valence-electron chi connectivity index (χ1n) is 12.6. The summed E-state index contributed by atoms with van der Waals surface area (Å²) in [4.78, 5) is 26.8. The van der Waals surface area contributed by atoms with Crippen LogP contribution in [0, 0.1) is 6.92 Å². The SMILES string of the molecule is CCOC(=O)C1(c2ccc(-c3ccc(-c4onc(C)c4CCC(=O)N4CCCC4)cc3)cc2)CC1. The summed E-state index contributed by atoms with van der Waals surface area (Å²) in [6, 6.07) is 16.4. The average Bonchev–Trinajstić information content (AvgIpc) is 3.34. The fraction of sp³-hybridized carbons (Fsp3) is 0.414. The highest BCUT2D eigenvalue weighted by molar-refractivity contribution is 5.87. The zero-order valence-corrected chi connectivity index (χ0v) is 20.5. The number of aryl methyl sites for hydroxylation is 1. The number of ether oxygens (including phenoxy) is 1. The van der Waals surface area contributed by atoms with E-state index in [1.165, 1.54) is 0 Å². The van der Waals surface area contributed by atoms with Crippen LogP contribution in [-0.2, 0) is 26.2 Å². The normalized spacial score (nSPS) is 16.3. The Morgan fingerprint density at radius 2 is 1.57 bits per heavy atom. The Morgan fingerprint density at radius 3 is 2.17 bits per heavy atom. The van der Waals surface area contributed by atoms with Crippen molar-refractivity contribution in [3.8, 4) is 22.5 Å². The zero-order valence-electron chi connectivity index (χ0n) is 20.5. The van der Waals surface area contributed by atoms with Crippen molar-refractivity contribution in [3.63, 3.8) is 0 Å². The average molecular weight is 473 g/mol. The molecule has 2 heterocycles.